The molecule has 1 aliphatic rings. The fourth-order valence-electron chi connectivity index (χ4n) is 2.37. The third-order valence-corrected chi connectivity index (χ3v) is 3.55. The van der Waals surface area contributed by atoms with E-state index in [1.165, 1.54) is 11.1 Å². The van der Waals surface area contributed by atoms with Gasteiger partial charge >= 0.3 is 0 Å². The molecule has 2 rings (SSSR count). The molecule has 20 heavy (non-hydrogen) atoms. The fraction of sp³-hybridized carbons (Fsp3) is 0.562. The largest absolute Gasteiger partial charge is 0.488 e. The van der Waals surface area contributed by atoms with Crippen molar-refractivity contribution in [1.29, 1.82) is 0 Å². The number of benzene rings is 1. The molecule has 2 N–H and O–H groups in total. The number of carbonyl (C=O) groups is 1. The van der Waals surface area contributed by atoms with Crippen molar-refractivity contribution in [2.24, 2.45) is 0 Å². The Hall–Kier alpha value is -1.55. The van der Waals surface area contributed by atoms with Gasteiger partial charge in [0.2, 0.25) is 5.91 Å². The summed E-state index contributed by atoms with van der Waals surface area (Å²) >= 11 is 0. The van der Waals surface area contributed by atoms with Gasteiger partial charge in [0, 0.05) is 19.5 Å². The molecule has 1 aromatic rings. The molecule has 0 spiro atoms. The molecule has 0 aliphatic carbocycles. The first-order chi connectivity index (χ1) is 9.60. The van der Waals surface area contributed by atoms with Crippen LogP contribution in [0.15, 0.2) is 18.2 Å². The molecule has 0 saturated carbocycles. The standard InChI is InChI=1S/C16H24N2O2/c1-4-7-17-16(19)12(3)18-10-14-9-13-8-11(2)5-6-15(13)20-14/h5-6,8,12,14,18H,4,7,9-10H2,1-3H3,(H,17,19). The van der Waals surface area contributed by atoms with E-state index in [9.17, 15) is 4.79 Å². The van der Waals surface area contributed by atoms with Crippen molar-refractivity contribution in [3.8, 4) is 5.75 Å². The lowest BCUT2D eigenvalue weighted by molar-refractivity contribution is -0.122. The highest BCUT2D eigenvalue weighted by molar-refractivity contribution is 5.81. The van der Waals surface area contributed by atoms with E-state index in [2.05, 4.69) is 29.7 Å². The molecular formula is C16H24N2O2. The van der Waals surface area contributed by atoms with Gasteiger partial charge < -0.3 is 15.4 Å². The number of aryl methyl sites for hydroxylation is 1. The summed E-state index contributed by atoms with van der Waals surface area (Å²) in [6.07, 6.45) is 1.99. The number of hydrogen-bond donors (Lipinski definition) is 2. The average Bonchev–Trinajstić information content (AvgIpc) is 2.83. The third kappa shape index (κ3) is 3.73. The van der Waals surface area contributed by atoms with Crippen LogP contribution in [0.4, 0.5) is 0 Å². The minimum atomic E-state index is -0.185. The van der Waals surface area contributed by atoms with Crippen molar-refractivity contribution >= 4 is 5.91 Å². The Kier molecular flexibility index (Phi) is 5.01. The van der Waals surface area contributed by atoms with Gasteiger partial charge in [-0.1, -0.05) is 24.6 Å². The van der Waals surface area contributed by atoms with E-state index in [0.29, 0.717) is 6.54 Å². The Morgan fingerprint density at radius 1 is 1.50 bits per heavy atom. The molecular weight excluding hydrogens is 252 g/mol. The molecule has 110 valence electrons. The number of fused-ring (bicyclic) bond motifs is 1. The van der Waals surface area contributed by atoms with E-state index in [1.807, 2.05) is 19.9 Å². The summed E-state index contributed by atoms with van der Waals surface area (Å²) in [6, 6.07) is 6.08. The second-order valence-corrected chi connectivity index (χ2v) is 5.48. The van der Waals surface area contributed by atoms with Crippen molar-refractivity contribution in [3.63, 3.8) is 0 Å². The molecule has 1 aliphatic heterocycles. The first-order valence-electron chi connectivity index (χ1n) is 7.37. The van der Waals surface area contributed by atoms with Gasteiger partial charge in [-0.2, -0.15) is 0 Å². The smallest absolute Gasteiger partial charge is 0.236 e. The lowest BCUT2D eigenvalue weighted by atomic mass is 10.1. The molecule has 0 radical (unpaired) electrons. The molecule has 0 fully saturated rings. The molecule has 2 unspecified atom stereocenters. The Morgan fingerprint density at radius 2 is 2.30 bits per heavy atom. The van der Waals surface area contributed by atoms with Crippen LogP contribution in [0.3, 0.4) is 0 Å². The van der Waals surface area contributed by atoms with Crippen LogP contribution >= 0.6 is 0 Å². The van der Waals surface area contributed by atoms with Gasteiger partial charge in [0.05, 0.1) is 6.04 Å². The van der Waals surface area contributed by atoms with Crippen LogP contribution in [0.5, 0.6) is 5.75 Å². The van der Waals surface area contributed by atoms with E-state index in [4.69, 9.17) is 4.74 Å². The highest BCUT2D eigenvalue weighted by Gasteiger charge is 2.23. The number of nitrogens with one attached hydrogen (secondary N) is 2. The second-order valence-electron chi connectivity index (χ2n) is 5.48. The first kappa shape index (κ1) is 14.9. The molecule has 2 atom stereocenters. The van der Waals surface area contributed by atoms with Crippen LogP contribution in [-0.2, 0) is 11.2 Å². The zero-order valence-electron chi connectivity index (χ0n) is 12.5. The third-order valence-electron chi connectivity index (χ3n) is 3.55. The highest BCUT2D eigenvalue weighted by atomic mass is 16.5. The predicted molar refractivity (Wildman–Crippen MR) is 80.1 cm³/mol. The maximum atomic E-state index is 11.8. The summed E-state index contributed by atoms with van der Waals surface area (Å²) in [5.41, 5.74) is 2.52. The summed E-state index contributed by atoms with van der Waals surface area (Å²) in [5.74, 6) is 1.03. The van der Waals surface area contributed by atoms with Gasteiger partial charge in [-0.3, -0.25) is 4.79 Å². The summed E-state index contributed by atoms with van der Waals surface area (Å²) in [4.78, 5) is 11.8. The van der Waals surface area contributed by atoms with E-state index in [0.717, 1.165) is 25.1 Å². The van der Waals surface area contributed by atoms with Crippen molar-refractivity contribution in [2.45, 2.75) is 45.8 Å². The van der Waals surface area contributed by atoms with Gasteiger partial charge in [0.1, 0.15) is 11.9 Å². The molecule has 1 aromatic carbocycles. The summed E-state index contributed by atoms with van der Waals surface area (Å²) in [6.45, 7) is 7.44. The van der Waals surface area contributed by atoms with Crippen molar-refractivity contribution in [1.82, 2.24) is 10.6 Å². The Morgan fingerprint density at radius 3 is 3.05 bits per heavy atom. The van der Waals surface area contributed by atoms with Crippen LogP contribution in [0.2, 0.25) is 0 Å². The van der Waals surface area contributed by atoms with Crippen molar-refractivity contribution < 1.29 is 9.53 Å². The molecule has 0 bridgehead atoms. The summed E-state index contributed by atoms with van der Waals surface area (Å²) < 4.78 is 5.88. The SMILES string of the molecule is CCCNC(=O)C(C)NCC1Cc2cc(C)ccc2O1. The Balaban J connectivity index is 1.78. The molecule has 0 aromatic heterocycles. The van der Waals surface area contributed by atoms with Gasteiger partial charge in [0.25, 0.3) is 0 Å². The lowest BCUT2D eigenvalue weighted by Crippen LogP contribution is -2.45. The van der Waals surface area contributed by atoms with E-state index >= 15 is 0 Å². The Labute approximate surface area is 120 Å². The number of carbonyl (C=O) groups excluding carboxylic acids is 1. The number of amides is 1. The topological polar surface area (TPSA) is 50.4 Å². The number of hydrogen-bond acceptors (Lipinski definition) is 3. The molecule has 4 heteroatoms. The van der Waals surface area contributed by atoms with Gasteiger partial charge in [-0.25, -0.2) is 0 Å². The van der Waals surface area contributed by atoms with E-state index in [1.54, 1.807) is 0 Å². The fourth-order valence-corrected chi connectivity index (χ4v) is 2.37. The van der Waals surface area contributed by atoms with E-state index in [-0.39, 0.29) is 18.1 Å². The van der Waals surface area contributed by atoms with Crippen LogP contribution in [0, 0.1) is 6.92 Å². The second kappa shape index (κ2) is 6.75. The van der Waals surface area contributed by atoms with Crippen molar-refractivity contribution in [3.05, 3.63) is 29.3 Å². The number of rotatable bonds is 6. The van der Waals surface area contributed by atoms with Crippen LogP contribution in [0.25, 0.3) is 0 Å². The van der Waals surface area contributed by atoms with Crippen LogP contribution in [-0.4, -0.2) is 31.1 Å². The predicted octanol–water partition coefficient (Wildman–Crippen LogP) is 1.80. The van der Waals surface area contributed by atoms with Gasteiger partial charge in [-0.15, -0.1) is 0 Å². The number of ether oxygens (including phenoxy) is 1. The monoisotopic (exact) mass is 276 g/mol. The quantitative estimate of drug-likeness (QED) is 0.833. The van der Waals surface area contributed by atoms with Gasteiger partial charge in [0.15, 0.2) is 0 Å². The average molecular weight is 276 g/mol. The molecule has 1 amide bonds. The zero-order valence-corrected chi connectivity index (χ0v) is 12.5. The molecule has 0 saturated heterocycles. The Bertz CT molecular complexity index is 474. The lowest BCUT2D eigenvalue weighted by Gasteiger charge is -2.17. The highest BCUT2D eigenvalue weighted by Crippen LogP contribution is 2.29. The van der Waals surface area contributed by atoms with Crippen LogP contribution in [0.1, 0.15) is 31.4 Å². The van der Waals surface area contributed by atoms with Crippen molar-refractivity contribution in [2.75, 3.05) is 13.1 Å². The molecule has 1 heterocycles. The molecule has 4 nitrogen and oxygen atoms in total. The van der Waals surface area contributed by atoms with Gasteiger partial charge in [-0.05, 0) is 31.9 Å². The minimum absolute atomic E-state index is 0.0539. The van der Waals surface area contributed by atoms with E-state index < -0.39 is 0 Å². The first-order valence-corrected chi connectivity index (χ1v) is 7.37. The van der Waals surface area contributed by atoms with Crippen LogP contribution < -0.4 is 15.4 Å². The summed E-state index contributed by atoms with van der Waals surface area (Å²) in [5, 5.41) is 6.14. The maximum absolute atomic E-state index is 11.8. The maximum Gasteiger partial charge on any atom is 0.236 e. The summed E-state index contributed by atoms with van der Waals surface area (Å²) in [7, 11) is 0. The zero-order chi connectivity index (χ0) is 14.5. The normalized spacial score (nSPS) is 18.2. The minimum Gasteiger partial charge on any atom is -0.488 e.